The van der Waals surface area contributed by atoms with Gasteiger partial charge in [-0.1, -0.05) is 81.1 Å². The number of amides is 1. The van der Waals surface area contributed by atoms with E-state index in [0.717, 1.165) is 11.3 Å². The predicted molar refractivity (Wildman–Crippen MR) is 109 cm³/mol. The van der Waals surface area contributed by atoms with Gasteiger partial charge in [0.2, 0.25) is 11.1 Å². The first-order valence-electron chi connectivity index (χ1n) is 8.65. The van der Waals surface area contributed by atoms with Gasteiger partial charge in [0, 0.05) is 11.1 Å². The molecular weight excluding hydrogens is 358 g/mol. The molecule has 1 atom stereocenters. The number of rotatable bonds is 5. The molecule has 0 fully saturated rings. The number of benzene rings is 2. The van der Waals surface area contributed by atoms with Gasteiger partial charge in [-0.2, -0.15) is 0 Å². The highest BCUT2D eigenvalue weighted by molar-refractivity contribution is 8.00. The predicted octanol–water partition coefficient (Wildman–Crippen LogP) is 3.76. The summed E-state index contributed by atoms with van der Waals surface area (Å²) in [5, 5.41) is 11.4. The van der Waals surface area contributed by atoms with Crippen LogP contribution in [0, 0.1) is 0 Å². The summed E-state index contributed by atoms with van der Waals surface area (Å²) in [6, 6.07) is 19.0. The van der Waals surface area contributed by atoms with Gasteiger partial charge < -0.3 is 11.2 Å². The van der Waals surface area contributed by atoms with Gasteiger partial charge in [0.15, 0.2) is 5.82 Å². The number of thioether (sulfide) groups is 1. The Bertz CT molecular complexity index is 903. The number of aromatic nitrogens is 3. The van der Waals surface area contributed by atoms with E-state index < -0.39 is 5.25 Å². The van der Waals surface area contributed by atoms with Crippen molar-refractivity contribution < 1.29 is 4.79 Å². The van der Waals surface area contributed by atoms with Gasteiger partial charge >= 0.3 is 0 Å². The van der Waals surface area contributed by atoms with E-state index in [2.05, 4.69) is 15.5 Å². The summed E-state index contributed by atoms with van der Waals surface area (Å²) in [4.78, 5) is 13.0. The van der Waals surface area contributed by atoms with Gasteiger partial charge in [0.05, 0.1) is 0 Å². The molecule has 0 aliphatic rings. The number of anilines is 1. The zero-order valence-corrected chi connectivity index (χ0v) is 16.4. The van der Waals surface area contributed by atoms with E-state index in [9.17, 15) is 4.79 Å². The fourth-order valence-electron chi connectivity index (χ4n) is 2.60. The number of carbonyl (C=O) groups is 1. The van der Waals surface area contributed by atoms with Gasteiger partial charge in [0.1, 0.15) is 5.25 Å². The number of para-hydroxylation sites is 1. The molecule has 0 aliphatic heterocycles. The average molecular weight is 382 g/mol. The third kappa shape index (κ3) is 4.49. The second-order valence-corrected chi connectivity index (χ2v) is 8.26. The van der Waals surface area contributed by atoms with E-state index in [1.807, 2.05) is 81.4 Å². The molecule has 0 spiro atoms. The summed E-state index contributed by atoms with van der Waals surface area (Å²) in [6.07, 6.45) is 0. The summed E-state index contributed by atoms with van der Waals surface area (Å²) in [5.74, 6) is 6.73. The first kappa shape index (κ1) is 19.0. The van der Waals surface area contributed by atoms with E-state index in [1.54, 1.807) is 0 Å². The lowest BCUT2D eigenvalue weighted by Gasteiger charge is -2.18. The third-order valence-electron chi connectivity index (χ3n) is 3.94. The Kier molecular flexibility index (Phi) is 5.51. The highest BCUT2D eigenvalue weighted by Crippen LogP contribution is 2.36. The van der Waals surface area contributed by atoms with Crippen molar-refractivity contribution in [2.45, 2.75) is 36.6 Å². The molecule has 140 valence electrons. The highest BCUT2D eigenvalue weighted by Gasteiger charge is 2.28. The van der Waals surface area contributed by atoms with Gasteiger partial charge in [-0.15, -0.1) is 10.2 Å². The number of carbonyl (C=O) groups excluding carboxylic acids is 1. The second-order valence-electron chi connectivity index (χ2n) is 7.19. The van der Waals surface area contributed by atoms with Crippen LogP contribution in [0.3, 0.4) is 0 Å². The number of nitrogens with zero attached hydrogens (tertiary/aromatic N) is 3. The Morgan fingerprint density at radius 2 is 1.63 bits per heavy atom. The largest absolute Gasteiger partial charge is 0.336 e. The Morgan fingerprint density at radius 1 is 1.04 bits per heavy atom. The first-order valence-corrected chi connectivity index (χ1v) is 9.52. The van der Waals surface area contributed by atoms with Crippen LogP contribution >= 0.6 is 11.8 Å². The van der Waals surface area contributed by atoms with E-state index >= 15 is 0 Å². The van der Waals surface area contributed by atoms with Gasteiger partial charge in [-0.25, -0.2) is 4.68 Å². The molecule has 0 radical (unpaired) electrons. The molecule has 0 aliphatic carbocycles. The molecule has 1 heterocycles. The monoisotopic (exact) mass is 381 g/mol. The Labute approximate surface area is 163 Å². The third-order valence-corrected chi connectivity index (χ3v) is 5.15. The van der Waals surface area contributed by atoms with Crippen LogP contribution in [0.15, 0.2) is 65.8 Å². The SMILES string of the molecule is CC(C)(C)c1nnc(SC(C(=O)Nc2ccccc2)c2ccccc2)n1N. The summed E-state index contributed by atoms with van der Waals surface area (Å²) in [7, 11) is 0. The number of hydrogen-bond donors (Lipinski definition) is 2. The molecule has 1 aromatic heterocycles. The summed E-state index contributed by atoms with van der Waals surface area (Å²) < 4.78 is 1.47. The number of nitrogens with two attached hydrogens (primary N) is 1. The minimum absolute atomic E-state index is 0.141. The lowest BCUT2D eigenvalue weighted by atomic mass is 9.96. The minimum Gasteiger partial charge on any atom is -0.336 e. The van der Waals surface area contributed by atoms with Gasteiger partial charge in [0.25, 0.3) is 0 Å². The molecule has 7 heteroatoms. The Balaban J connectivity index is 1.90. The fraction of sp³-hybridized carbons (Fsp3) is 0.250. The second kappa shape index (κ2) is 7.84. The molecule has 3 aromatic rings. The molecular formula is C20H23N5OS. The maximum Gasteiger partial charge on any atom is 0.242 e. The standard InChI is InChI=1S/C20H23N5OS/c1-20(2,3)18-23-24-19(25(18)21)27-16(14-10-6-4-7-11-14)17(26)22-15-12-8-5-9-13-15/h4-13,16H,21H2,1-3H3,(H,22,26). The topological polar surface area (TPSA) is 85.8 Å². The van der Waals surface area contributed by atoms with Crippen molar-refractivity contribution in [2.24, 2.45) is 0 Å². The number of nitrogens with one attached hydrogen (secondary N) is 1. The van der Waals surface area contributed by atoms with E-state index in [1.165, 1.54) is 16.4 Å². The Hall–Kier alpha value is -2.80. The van der Waals surface area contributed by atoms with Gasteiger partial charge in [-0.05, 0) is 17.7 Å². The van der Waals surface area contributed by atoms with Crippen molar-refractivity contribution in [2.75, 3.05) is 11.2 Å². The average Bonchev–Trinajstić information content (AvgIpc) is 3.02. The van der Waals surface area contributed by atoms with Crippen LogP contribution < -0.4 is 11.2 Å². The van der Waals surface area contributed by atoms with Crippen LogP contribution in [0.5, 0.6) is 0 Å². The summed E-state index contributed by atoms with van der Waals surface area (Å²) >= 11 is 1.29. The van der Waals surface area contributed by atoms with Gasteiger partial charge in [-0.3, -0.25) is 4.79 Å². The number of hydrogen-bond acceptors (Lipinski definition) is 5. The van der Waals surface area contributed by atoms with Crippen LogP contribution in [-0.4, -0.2) is 20.8 Å². The molecule has 0 bridgehead atoms. The van der Waals surface area contributed by atoms with Crippen molar-refractivity contribution in [3.05, 3.63) is 72.1 Å². The molecule has 27 heavy (non-hydrogen) atoms. The van der Waals surface area contributed by atoms with E-state index in [0.29, 0.717) is 11.0 Å². The molecule has 3 N–H and O–H groups in total. The van der Waals surface area contributed by atoms with Crippen molar-refractivity contribution in [3.63, 3.8) is 0 Å². The van der Waals surface area contributed by atoms with Crippen LogP contribution in [0.25, 0.3) is 0 Å². The zero-order valence-electron chi connectivity index (χ0n) is 15.6. The molecule has 1 unspecified atom stereocenters. The molecule has 2 aromatic carbocycles. The molecule has 0 saturated carbocycles. The normalized spacial score (nSPS) is 12.6. The van der Waals surface area contributed by atoms with E-state index in [4.69, 9.17) is 5.84 Å². The molecule has 6 nitrogen and oxygen atoms in total. The van der Waals surface area contributed by atoms with E-state index in [-0.39, 0.29) is 11.3 Å². The summed E-state index contributed by atoms with van der Waals surface area (Å²) in [6.45, 7) is 6.06. The maximum atomic E-state index is 13.0. The molecule has 3 rings (SSSR count). The van der Waals surface area contributed by atoms with Crippen molar-refractivity contribution >= 4 is 23.4 Å². The highest BCUT2D eigenvalue weighted by atomic mass is 32.2. The molecule has 0 saturated heterocycles. The van der Waals surface area contributed by atoms with Crippen LogP contribution in [0.2, 0.25) is 0 Å². The van der Waals surface area contributed by atoms with Crippen LogP contribution in [0.1, 0.15) is 37.4 Å². The maximum absolute atomic E-state index is 13.0. The van der Waals surface area contributed by atoms with Crippen LogP contribution in [-0.2, 0) is 10.2 Å². The quantitative estimate of drug-likeness (QED) is 0.519. The fourth-order valence-corrected chi connectivity index (χ4v) is 3.56. The smallest absolute Gasteiger partial charge is 0.242 e. The van der Waals surface area contributed by atoms with Crippen molar-refractivity contribution in [1.82, 2.24) is 14.9 Å². The Morgan fingerprint density at radius 3 is 2.19 bits per heavy atom. The summed E-state index contributed by atoms with van der Waals surface area (Å²) in [5.41, 5.74) is 1.37. The zero-order chi connectivity index (χ0) is 19.4. The minimum atomic E-state index is -0.509. The lowest BCUT2D eigenvalue weighted by molar-refractivity contribution is -0.115. The lowest BCUT2D eigenvalue weighted by Crippen LogP contribution is -2.25. The van der Waals surface area contributed by atoms with Crippen molar-refractivity contribution in [3.8, 4) is 0 Å². The van der Waals surface area contributed by atoms with Crippen LogP contribution in [0.4, 0.5) is 5.69 Å². The molecule has 1 amide bonds. The van der Waals surface area contributed by atoms with Crippen molar-refractivity contribution in [1.29, 1.82) is 0 Å². The number of nitrogen functional groups attached to an aromatic ring is 1. The first-order chi connectivity index (χ1) is 12.9.